The second-order valence-corrected chi connectivity index (χ2v) is 7.26. The van der Waals surface area contributed by atoms with Gasteiger partial charge in [-0.2, -0.15) is 13.2 Å². The SMILES string of the molecule is CC(C)(C)OC(=O)[C@H](NC(=O)C(F)(F)F)[C@@H](CO)c1ccc(Cl)c(Cl)c1. The number of hydrogen-bond donors (Lipinski definition) is 2. The Kier molecular flexibility index (Phi) is 7.33. The molecule has 0 heterocycles. The number of aliphatic hydroxyl groups excluding tert-OH is 1. The highest BCUT2D eigenvalue weighted by Crippen LogP contribution is 2.29. The zero-order chi connectivity index (χ0) is 20.3. The first-order valence-corrected chi connectivity index (χ1v) is 8.18. The monoisotopic (exact) mass is 415 g/mol. The van der Waals surface area contributed by atoms with E-state index >= 15 is 0 Å². The van der Waals surface area contributed by atoms with Crippen molar-refractivity contribution in [3.8, 4) is 0 Å². The molecule has 0 aliphatic rings. The van der Waals surface area contributed by atoms with Gasteiger partial charge < -0.3 is 15.2 Å². The Labute approximate surface area is 158 Å². The molecule has 0 aliphatic carbocycles. The summed E-state index contributed by atoms with van der Waals surface area (Å²) in [5.41, 5.74) is -0.809. The quantitative estimate of drug-likeness (QED) is 0.722. The summed E-state index contributed by atoms with van der Waals surface area (Å²) in [5, 5.41) is 11.5. The fourth-order valence-corrected chi connectivity index (χ4v) is 2.36. The lowest BCUT2D eigenvalue weighted by molar-refractivity contribution is -0.177. The molecule has 26 heavy (non-hydrogen) atoms. The molecule has 5 nitrogen and oxygen atoms in total. The number of aliphatic hydroxyl groups is 1. The topological polar surface area (TPSA) is 75.6 Å². The van der Waals surface area contributed by atoms with Crippen molar-refractivity contribution in [3.05, 3.63) is 33.8 Å². The normalized spacial score (nSPS) is 14.5. The summed E-state index contributed by atoms with van der Waals surface area (Å²) in [6, 6.07) is 2.25. The van der Waals surface area contributed by atoms with Gasteiger partial charge in [-0.05, 0) is 38.5 Å². The summed E-state index contributed by atoms with van der Waals surface area (Å²) in [6.07, 6.45) is -5.21. The Morgan fingerprint density at radius 2 is 1.77 bits per heavy atom. The van der Waals surface area contributed by atoms with Gasteiger partial charge in [0.05, 0.1) is 16.7 Å². The summed E-state index contributed by atoms with van der Waals surface area (Å²) < 4.78 is 43.0. The van der Waals surface area contributed by atoms with E-state index in [0.29, 0.717) is 0 Å². The standard InChI is InChI=1S/C16H18Cl2F3NO4/c1-15(2,3)26-13(24)12(22-14(25)16(19,20)21)9(7-23)8-4-5-10(17)11(18)6-8/h4-6,9,12,23H,7H2,1-3H3,(H,22,25)/t9-,12+/m0/s1. The fourth-order valence-electron chi connectivity index (χ4n) is 2.06. The van der Waals surface area contributed by atoms with E-state index in [1.54, 1.807) is 5.32 Å². The van der Waals surface area contributed by atoms with Gasteiger partial charge in [0.15, 0.2) is 0 Å². The average Bonchev–Trinajstić information content (AvgIpc) is 2.47. The lowest BCUT2D eigenvalue weighted by atomic mass is 9.91. The third kappa shape index (κ3) is 6.34. The van der Waals surface area contributed by atoms with Gasteiger partial charge in [0.2, 0.25) is 0 Å². The molecule has 2 atom stereocenters. The Morgan fingerprint density at radius 3 is 2.19 bits per heavy atom. The van der Waals surface area contributed by atoms with Crippen LogP contribution in [0.3, 0.4) is 0 Å². The molecule has 0 aromatic heterocycles. The predicted molar refractivity (Wildman–Crippen MR) is 90.1 cm³/mol. The molecule has 10 heteroatoms. The van der Waals surface area contributed by atoms with Crippen LogP contribution in [0, 0.1) is 0 Å². The molecule has 0 saturated heterocycles. The molecule has 1 aromatic rings. The van der Waals surface area contributed by atoms with E-state index in [4.69, 9.17) is 27.9 Å². The average molecular weight is 416 g/mol. The number of esters is 1. The molecule has 0 fully saturated rings. The molecule has 0 saturated carbocycles. The van der Waals surface area contributed by atoms with Gasteiger partial charge in [-0.15, -0.1) is 0 Å². The van der Waals surface area contributed by atoms with Crippen LogP contribution in [0.1, 0.15) is 32.3 Å². The lowest BCUT2D eigenvalue weighted by Gasteiger charge is -2.29. The van der Waals surface area contributed by atoms with Crippen LogP contribution in [0.25, 0.3) is 0 Å². The van der Waals surface area contributed by atoms with Crippen molar-refractivity contribution < 1.29 is 32.6 Å². The maximum atomic E-state index is 12.6. The first kappa shape index (κ1) is 22.5. The highest BCUT2D eigenvalue weighted by Gasteiger charge is 2.43. The Bertz CT molecular complexity index is 674. The van der Waals surface area contributed by atoms with E-state index in [1.807, 2.05) is 0 Å². The number of rotatable bonds is 5. The summed E-state index contributed by atoms with van der Waals surface area (Å²) in [5.74, 6) is -4.68. The van der Waals surface area contributed by atoms with Crippen molar-refractivity contribution in [2.45, 2.75) is 44.5 Å². The Hall–Kier alpha value is -1.51. The van der Waals surface area contributed by atoms with Crippen molar-refractivity contribution in [1.29, 1.82) is 0 Å². The van der Waals surface area contributed by atoms with Gasteiger partial charge in [-0.3, -0.25) is 4.79 Å². The number of carbonyl (C=O) groups excluding carboxylic acids is 2. The number of nitrogens with one attached hydrogen (secondary N) is 1. The molecule has 0 radical (unpaired) electrons. The van der Waals surface area contributed by atoms with Gasteiger partial charge in [0.25, 0.3) is 0 Å². The molecule has 0 aliphatic heterocycles. The third-order valence-corrected chi connectivity index (χ3v) is 3.91. The summed E-state index contributed by atoms with van der Waals surface area (Å²) in [6.45, 7) is 3.79. The summed E-state index contributed by atoms with van der Waals surface area (Å²) in [7, 11) is 0. The molecule has 146 valence electrons. The van der Waals surface area contributed by atoms with Crippen molar-refractivity contribution in [3.63, 3.8) is 0 Å². The van der Waals surface area contributed by atoms with Crippen LogP contribution in [0.5, 0.6) is 0 Å². The van der Waals surface area contributed by atoms with Gasteiger partial charge in [-0.25, -0.2) is 4.79 Å². The minimum atomic E-state index is -5.21. The zero-order valence-corrected chi connectivity index (χ0v) is 15.7. The van der Waals surface area contributed by atoms with E-state index in [0.717, 1.165) is 0 Å². The Balaban J connectivity index is 3.28. The van der Waals surface area contributed by atoms with Gasteiger partial charge in [0.1, 0.15) is 11.6 Å². The second kappa shape index (κ2) is 8.45. The number of halogens is 5. The maximum Gasteiger partial charge on any atom is 0.471 e. The first-order valence-electron chi connectivity index (χ1n) is 7.42. The van der Waals surface area contributed by atoms with Crippen LogP contribution in [-0.4, -0.2) is 41.4 Å². The van der Waals surface area contributed by atoms with E-state index in [2.05, 4.69) is 0 Å². The molecule has 0 bridgehead atoms. The number of amides is 1. The molecule has 0 unspecified atom stereocenters. The van der Waals surface area contributed by atoms with Crippen LogP contribution >= 0.6 is 23.2 Å². The molecular weight excluding hydrogens is 398 g/mol. The third-order valence-electron chi connectivity index (χ3n) is 3.18. The number of carbonyl (C=O) groups is 2. The van der Waals surface area contributed by atoms with Crippen LogP contribution in [0.2, 0.25) is 10.0 Å². The summed E-state index contributed by atoms with van der Waals surface area (Å²) >= 11 is 11.7. The lowest BCUT2D eigenvalue weighted by Crippen LogP contribution is -2.52. The number of alkyl halides is 3. The van der Waals surface area contributed by atoms with Crippen LogP contribution in [0.15, 0.2) is 18.2 Å². The minimum absolute atomic E-state index is 0.0766. The van der Waals surface area contributed by atoms with Gasteiger partial charge >= 0.3 is 18.1 Å². The highest BCUT2D eigenvalue weighted by atomic mass is 35.5. The van der Waals surface area contributed by atoms with E-state index in [1.165, 1.54) is 39.0 Å². The second-order valence-electron chi connectivity index (χ2n) is 6.44. The summed E-state index contributed by atoms with van der Waals surface area (Å²) in [4.78, 5) is 23.7. The number of ether oxygens (including phenoxy) is 1. The predicted octanol–water partition coefficient (Wildman–Crippen LogP) is 3.46. The van der Waals surface area contributed by atoms with Crippen molar-refractivity contribution >= 4 is 35.1 Å². The largest absolute Gasteiger partial charge is 0.471 e. The minimum Gasteiger partial charge on any atom is -0.458 e. The van der Waals surface area contributed by atoms with Crippen molar-refractivity contribution in [2.24, 2.45) is 0 Å². The Morgan fingerprint density at radius 1 is 1.19 bits per heavy atom. The van der Waals surface area contributed by atoms with Crippen molar-refractivity contribution in [2.75, 3.05) is 6.61 Å². The van der Waals surface area contributed by atoms with E-state index in [9.17, 15) is 27.9 Å². The molecular formula is C16H18Cl2F3NO4. The molecule has 1 rings (SSSR count). The maximum absolute atomic E-state index is 12.6. The van der Waals surface area contributed by atoms with Gasteiger partial charge in [0, 0.05) is 5.92 Å². The fraction of sp³-hybridized carbons (Fsp3) is 0.500. The van der Waals surface area contributed by atoms with Crippen LogP contribution < -0.4 is 5.32 Å². The molecule has 2 N–H and O–H groups in total. The zero-order valence-electron chi connectivity index (χ0n) is 14.2. The molecule has 1 aromatic carbocycles. The smallest absolute Gasteiger partial charge is 0.458 e. The van der Waals surface area contributed by atoms with E-state index in [-0.39, 0.29) is 15.6 Å². The van der Waals surface area contributed by atoms with Gasteiger partial charge in [-0.1, -0.05) is 29.3 Å². The van der Waals surface area contributed by atoms with Crippen LogP contribution in [-0.2, 0) is 14.3 Å². The number of benzene rings is 1. The number of hydrogen-bond acceptors (Lipinski definition) is 4. The first-order chi connectivity index (χ1) is 11.8. The van der Waals surface area contributed by atoms with E-state index < -0.39 is 42.2 Å². The van der Waals surface area contributed by atoms with Crippen molar-refractivity contribution in [1.82, 2.24) is 5.32 Å². The molecule has 0 spiro atoms. The highest BCUT2D eigenvalue weighted by molar-refractivity contribution is 6.42. The van der Waals surface area contributed by atoms with Crippen LogP contribution in [0.4, 0.5) is 13.2 Å². The molecule has 1 amide bonds.